The highest BCUT2D eigenvalue weighted by Gasteiger charge is 2.16. The van der Waals surface area contributed by atoms with E-state index in [0.29, 0.717) is 21.8 Å². The minimum absolute atomic E-state index is 0.0418. The molecule has 0 fully saturated rings. The molecule has 0 radical (unpaired) electrons. The average Bonchev–Trinajstić information content (AvgIpc) is 2.58. The summed E-state index contributed by atoms with van der Waals surface area (Å²) in [6.45, 7) is 7.64. The first kappa shape index (κ1) is 18.4. The van der Waals surface area contributed by atoms with Gasteiger partial charge in [-0.2, -0.15) is 0 Å². The van der Waals surface area contributed by atoms with Gasteiger partial charge in [0.1, 0.15) is 0 Å². The second kappa shape index (κ2) is 7.08. The van der Waals surface area contributed by atoms with Crippen LogP contribution >= 0.6 is 11.8 Å². The molecule has 3 aromatic rings. The fourth-order valence-corrected chi connectivity index (χ4v) is 4.61. The van der Waals surface area contributed by atoms with Crippen LogP contribution in [0.1, 0.15) is 39.5 Å². The van der Waals surface area contributed by atoms with Gasteiger partial charge < -0.3 is 0 Å². The van der Waals surface area contributed by atoms with E-state index < -0.39 is 0 Å². The van der Waals surface area contributed by atoms with Gasteiger partial charge in [-0.3, -0.25) is 14.2 Å². The van der Waals surface area contributed by atoms with Crippen LogP contribution in [0.5, 0.6) is 0 Å². The monoisotopic (exact) mass is 366 g/mol. The van der Waals surface area contributed by atoms with E-state index in [1.54, 1.807) is 24.6 Å². The number of aromatic nitrogens is 2. The Kier molecular flexibility index (Phi) is 5.01. The summed E-state index contributed by atoms with van der Waals surface area (Å²) in [4.78, 5) is 29.2. The summed E-state index contributed by atoms with van der Waals surface area (Å²) in [7, 11) is 1.75. The number of hydrogen-bond acceptors (Lipinski definition) is 4. The molecule has 3 rings (SSSR count). The van der Waals surface area contributed by atoms with Gasteiger partial charge in [-0.15, -0.1) is 0 Å². The van der Waals surface area contributed by atoms with Crippen molar-refractivity contribution in [1.29, 1.82) is 0 Å². The van der Waals surface area contributed by atoms with Crippen LogP contribution in [0.25, 0.3) is 10.9 Å². The Morgan fingerprint density at radius 1 is 1.15 bits per heavy atom. The molecule has 0 aliphatic heterocycles. The lowest BCUT2D eigenvalue weighted by molar-refractivity contribution is 0.101. The van der Waals surface area contributed by atoms with Crippen molar-refractivity contribution in [1.82, 2.24) is 9.55 Å². The lowest BCUT2D eigenvalue weighted by Gasteiger charge is -2.16. The quantitative estimate of drug-likeness (QED) is 0.391. The molecular weight excluding hydrogens is 344 g/mol. The van der Waals surface area contributed by atoms with E-state index in [4.69, 9.17) is 0 Å². The molecule has 0 spiro atoms. The number of benzene rings is 2. The summed E-state index contributed by atoms with van der Waals surface area (Å²) in [6, 6.07) is 9.45. The second-order valence-corrected chi connectivity index (χ2v) is 7.55. The fraction of sp³-hybridized carbons (Fsp3) is 0.286. The molecule has 1 aromatic heterocycles. The molecule has 0 aliphatic carbocycles. The van der Waals surface area contributed by atoms with Gasteiger partial charge in [0.25, 0.3) is 5.56 Å². The van der Waals surface area contributed by atoms with E-state index in [2.05, 4.69) is 18.0 Å². The predicted octanol–water partition coefficient (Wildman–Crippen LogP) is 4.35. The SMILES string of the molecule is CC(=O)c1c(C)cc(C)c(CSc2nc3ccccc3c(=O)n2C)c1C. The molecule has 0 amide bonds. The first-order chi connectivity index (χ1) is 12.3. The van der Waals surface area contributed by atoms with Gasteiger partial charge in [-0.05, 0) is 62.1 Å². The van der Waals surface area contributed by atoms with Crippen LogP contribution < -0.4 is 5.56 Å². The number of hydrogen-bond donors (Lipinski definition) is 0. The summed E-state index contributed by atoms with van der Waals surface area (Å²) in [5, 5.41) is 1.30. The van der Waals surface area contributed by atoms with Gasteiger partial charge in [-0.25, -0.2) is 4.98 Å². The number of thioether (sulfide) groups is 1. The maximum absolute atomic E-state index is 12.5. The van der Waals surface area contributed by atoms with Gasteiger partial charge >= 0.3 is 0 Å². The Morgan fingerprint density at radius 2 is 1.85 bits per heavy atom. The number of carbonyl (C=O) groups excluding carboxylic acids is 1. The van der Waals surface area contributed by atoms with E-state index in [9.17, 15) is 9.59 Å². The van der Waals surface area contributed by atoms with E-state index in [1.807, 2.05) is 32.0 Å². The van der Waals surface area contributed by atoms with Crippen LogP contribution in [0.15, 0.2) is 40.3 Å². The molecule has 0 bridgehead atoms. The molecule has 134 valence electrons. The van der Waals surface area contributed by atoms with E-state index in [0.717, 1.165) is 27.8 Å². The lowest BCUT2D eigenvalue weighted by Crippen LogP contribution is -2.20. The van der Waals surface area contributed by atoms with Crippen LogP contribution in [0, 0.1) is 20.8 Å². The maximum atomic E-state index is 12.5. The van der Waals surface area contributed by atoms with Crippen molar-refractivity contribution >= 4 is 28.4 Å². The fourth-order valence-electron chi connectivity index (χ4n) is 3.45. The molecule has 0 saturated carbocycles. The van der Waals surface area contributed by atoms with Crippen molar-refractivity contribution in [3.63, 3.8) is 0 Å². The maximum Gasteiger partial charge on any atom is 0.261 e. The summed E-state index contributed by atoms with van der Waals surface area (Å²) in [5.74, 6) is 0.749. The first-order valence-electron chi connectivity index (χ1n) is 8.50. The Labute approximate surface area is 157 Å². The highest BCUT2D eigenvalue weighted by Crippen LogP contribution is 2.29. The molecule has 0 N–H and O–H groups in total. The van der Waals surface area contributed by atoms with Crippen LogP contribution in [-0.4, -0.2) is 15.3 Å². The topological polar surface area (TPSA) is 52.0 Å². The van der Waals surface area contributed by atoms with Gasteiger partial charge in [-0.1, -0.05) is 30.0 Å². The van der Waals surface area contributed by atoms with Crippen molar-refractivity contribution in [2.45, 2.75) is 38.6 Å². The molecule has 0 aliphatic rings. The van der Waals surface area contributed by atoms with Crippen LogP contribution in [0.3, 0.4) is 0 Å². The third-order valence-electron chi connectivity index (χ3n) is 4.77. The van der Waals surface area contributed by atoms with Crippen molar-refractivity contribution in [3.05, 3.63) is 68.5 Å². The molecule has 2 aromatic carbocycles. The number of nitrogens with zero attached hydrogens (tertiary/aromatic N) is 2. The summed E-state index contributed by atoms with van der Waals surface area (Å²) < 4.78 is 1.59. The zero-order valence-corrected chi connectivity index (χ0v) is 16.5. The van der Waals surface area contributed by atoms with Crippen molar-refractivity contribution in [2.24, 2.45) is 7.05 Å². The number of ketones is 1. The predicted molar refractivity (Wildman–Crippen MR) is 107 cm³/mol. The van der Waals surface area contributed by atoms with Gasteiger partial charge in [0.05, 0.1) is 10.9 Å². The largest absolute Gasteiger partial charge is 0.294 e. The van der Waals surface area contributed by atoms with Crippen molar-refractivity contribution in [3.8, 4) is 0 Å². The molecule has 0 atom stereocenters. The van der Waals surface area contributed by atoms with Crippen LogP contribution in [0.2, 0.25) is 0 Å². The summed E-state index contributed by atoms with van der Waals surface area (Å²) >= 11 is 1.52. The summed E-state index contributed by atoms with van der Waals surface area (Å²) in [5.41, 5.74) is 5.79. The van der Waals surface area contributed by atoms with E-state index >= 15 is 0 Å². The minimum atomic E-state index is -0.0418. The normalized spacial score (nSPS) is 11.1. The number of aryl methyl sites for hydroxylation is 2. The Hall–Kier alpha value is -2.40. The Balaban J connectivity index is 2.01. The number of Topliss-reactive ketones (excluding diaryl/α,β-unsaturated/α-hetero) is 1. The summed E-state index contributed by atoms with van der Waals surface area (Å²) in [6.07, 6.45) is 0. The zero-order valence-electron chi connectivity index (χ0n) is 15.7. The molecule has 0 saturated heterocycles. The Morgan fingerprint density at radius 3 is 2.54 bits per heavy atom. The lowest BCUT2D eigenvalue weighted by atomic mass is 9.92. The zero-order chi connectivity index (χ0) is 19.0. The second-order valence-electron chi connectivity index (χ2n) is 6.61. The molecule has 26 heavy (non-hydrogen) atoms. The Bertz CT molecular complexity index is 1080. The average molecular weight is 366 g/mol. The highest BCUT2D eigenvalue weighted by atomic mass is 32.2. The minimum Gasteiger partial charge on any atom is -0.294 e. The number of fused-ring (bicyclic) bond motifs is 1. The van der Waals surface area contributed by atoms with Crippen molar-refractivity contribution < 1.29 is 4.79 Å². The van der Waals surface area contributed by atoms with E-state index in [1.165, 1.54) is 11.8 Å². The van der Waals surface area contributed by atoms with Gasteiger partial charge in [0, 0.05) is 18.4 Å². The van der Waals surface area contributed by atoms with Crippen LogP contribution in [-0.2, 0) is 12.8 Å². The standard InChI is InChI=1S/C21H22N2O2S/c1-12-10-13(2)19(15(4)24)14(3)17(12)11-26-21-22-18-9-7-6-8-16(18)20(25)23(21)5/h6-10H,11H2,1-5H3. The molecule has 0 unspecified atom stereocenters. The molecular formula is C21H22N2O2S. The van der Waals surface area contributed by atoms with Crippen LogP contribution in [0.4, 0.5) is 0 Å². The first-order valence-corrected chi connectivity index (χ1v) is 9.49. The van der Waals surface area contributed by atoms with Gasteiger partial charge in [0.15, 0.2) is 10.9 Å². The smallest absolute Gasteiger partial charge is 0.261 e. The molecule has 1 heterocycles. The van der Waals surface area contributed by atoms with E-state index in [-0.39, 0.29) is 11.3 Å². The third kappa shape index (κ3) is 3.19. The number of para-hydroxylation sites is 1. The number of carbonyl (C=O) groups is 1. The highest BCUT2D eigenvalue weighted by molar-refractivity contribution is 7.98. The van der Waals surface area contributed by atoms with Gasteiger partial charge in [0.2, 0.25) is 0 Å². The van der Waals surface area contributed by atoms with Crippen molar-refractivity contribution in [2.75, 3.05) is 0 Å². The molecule has 5 heteroatoms. The molecule has 4 nitrogen and oxygen atoms in total. The number of rotatable bonds is 4. The third-order valence-corrected chi connectivity index (χ3v) is 5.83.